The molecule has 0 aromatic carbocycles. The van der Waals surface area contributed by atoms with Crippen LogP contribution < -0.4 is 16.0 Å². The van der Waals surface area contributed by atoms with Gasteiger partial charge < -0.3 is 185 Å². The highest BCUT2D eigenvalue weighted by molar-refractivity contribution is 5.78. The minimum atomic E-state index is -3.68. The van der Waals surface area contributed by atoms with Crippen LogP contribution in [0.2, 0.25) is 0 Å². The average Bonchev–Trinajstić information content (AvgIpc) is 0.746. The normalized spacial score (nSPS) is 34.2. The third-order valence-electron chi connectivity index (χ3n) is 25.5. The Hall–Kier alpha value is -4.74. The summed E-state index contributed by atoms with van der Waals surface area (Å²) in [6.07, 6.45) is -22.8. The van der Waals surface area contributed by atoms with Crippen molar-refractivity contribution in [1.82, 2.24) is 16.0 Å². The fourth-order valence-corrected chi connectivity index (χ4v) is 17.9. The number of ketones is 1. The fourth-order valence-electron chi connectivity index (χ4n) is 17.9. The summed E-state index contributed by atoms with van der Waals surface area (Å²) in [6.45, 7) is -0.774. The molecule has 6 saturated heterocycles. The number of amides is 3. The molecule has 34 atom stereocenters. The summed E-state index contributed by atoms with van der Waals surface area (Å²) >= 11 is 0. The number of carbonyl (C=O) groups is 6. The summed E-state index contributed by atoms with van der Waals surface area (Å²) in [5.41, 5.74) is 0. The fraction of sp³-hybridized carbons (Fsp3) is 0.890. The Morgan fingerprint density at radius 2 is 0.842 bits per heavy atom. The van der Waals surface area contributed by atoms with E-state index in [9.17, 15) is 136 Å². The molecule has 0 bridgehead atoms. The first-order valence-corrected chi connectivity index (χ1v) is 48.1. The number of aliphatic hydroxyl groups excluding tert-OH is 19. The first kappa shape index (κ1) is 117. The van der Waals surface area contributed by atoms with Gasteiger partial charge in [-0.3, -0.25) is 14.4 Å². The first-order valence-electron chi connectivity index (χ1n) is 48.1. The Morgan fingerprint density at radius 3 is 1.32 bits per heavy atom. The largest absolute Gasteiger partial charge is 0.477 e. The Labute approximate surface area is 778 Å². The molecule has 6 aliphatic rings. The maximum absolute atomic E-state index is 14.4. The second-order valence-corrected chi connectivity index (χ2v) is 36.3. The van der Waals surface area contributed by atoms with Crippen LogP contribution in [0.25, 0.3) is 0 Å². The van der Waals surface area contributed by atoms with E-state index in [1.54, 1.807) is 6.08 Å². The van der Waals surface area contributed by atoms with E-state index in [-0.39, 0.29) is 6.42 Å². The zero-order valence-electron chi connectivity index (χ0n) is 77.7. The quantitative estimate of drug-likeness (QED) is 0.0265. The molecule has 0 spiro atoms. The molecular formula is C91H159N3O39. The van der Waals surface area contributed by atoms with E-state index in [4.69, 9.17) is 56.8 Å². The molecule has 3 amide bonds. The molecule has 6 rings (SSSR count). The molecule has 42 nitrogen and oxygen atoms in total. The predicted molar refractivity (Wildman–Crippen MR) is 469 cm³/mol. The van der Waals surface area contributed by atoms with E-state index >= 15 is 0 Å². The number of hydrogen-bond acceptors (Lipinski definition) is 37. The topological polar surface area (TPSA) is 674 Å². The van der Waals surface area contributed by atoms with Crippen molar-refractivity contribution in [2.24, 2.45) is 5.92 Å². The summed E-state index contributed by atoms with van der Waals surface area (Å²) in [4.78, 5) is 80.6. The summed E-state index contributed by atoms with van der Waals surface area (Å²) in [6, 6.07) is -5.10. The lowest BCUT2D eigenvalue weighted by Crippen LogP contribution is -2.72. The number of aliphatic carboxylic acids is 2. The maximum atomic E-state index is 14.4. The highest BCUT2D eigenvalue weighted by Crippen LogP contribution is 2.44. The van der Waals surface area contributed by atoms with Crippen LogP contribution in [0.15, 0.2) is 24.3 Å². The lowest BCUT2D eigenvalue weighted by Gasteiger charge is -2.53. The minimum Gasteiger partial charge on any atom is -0.477 e. The van der Waals surface area contributed by atoms with Crippen LogP contribution in [0.5, 0.6) is 0 Å². The minimum absolute atomic E-state index is 0.0844. The molecule has 24 N–H and O–H groups in total. The van der Waals surface area contributed by atoms with E-state index in [2.05, 4.69) is 41.9 Å². The van der Waals surface area contributed by atoms with Gasteiger partial charge in [0, 0.05) is 45.4 Å². The van der Waals surface area contributed by atoms with Gasteiger partial charge in [-0.1, -0.05) is 192 Å². The van der Waals surface area contributed by atoms with Gasteiger partial charge in [0.2, 0.25) is 17.7 Å². The molecule has 772 valence electrons. The number of carbonyl (C=O) groups excluding carboxylic acids is 4. The lowest BCUT2D eigenvalue weighted by atomic mass is 9.86. The van der Waals surface area contributed by atoms with Crippen LogP contribution in [0.1, 0.15) is 259 Å². The van der Waals surface area contributed by atoms with Crippen molar-refractivity contribution in [3.8, 4) is 0 Å². The molecule has 0 aromatic heterocycles. The number of unbranched alkanes of at least 4 members (excludes halogenated alkanes) is 28. The van der Waals surface area contributed by atoms with Crippen molar-refractivity contribution in [3.63, 3.8) is 0 Å². The van der Waals surface area contributed by atoms with Crippen molar-refractivity contribution in [1.29, 1.82) is 0 Å². The van der Waals surface area contributed by atoms with Crippen LogP contribution in [0.3, 0.4) is 0 Å². The molecule has 0 radical (unpaired) electrons. The van der Waals surface area contributed by atoms with Crippen LogP contribution in [-0.4, -0.2) is 390 Å². The number of hydrogen-bond donors (Lipinski definition) is 24. The van der Waals surface area contributed by atoms with E-state index in [0.29, 0.717) is 12.8 Å². The molecule has 0 aromatic rings. The maximum Gasteiger partial charge on any atom is 0.364 e. The zero-order valence-corrected chi connectivity index (χ0v) is 77.7. The Morgan fingerprint density at radius 1 is 0.429 bits per heavy atom. The summed E-state index contributed by atoms with van der Waals surface area (Å²) in [7, 11) is 0. The highest BCUT2D eigenvalue weighted by Gasteiger charge is 2.64. The van der Waals surface area contributed by atoms with Gasteiger partial charge in [0.05, 0.1) is 88.8 Å². The molecule has 6 aliphatic heterocycles. The number of aliphatic hydroxyl groups is 19. The number of allylic oxidation sites excluding steroid dienone is 3. The predicted octanol–water partition coefficient (Wildman–Crippen LogP) is -0.661. The highest BCUT2D eigenvalue weighted by atomic mass is 16.8. The van der Waals surface area contributed by atoms with Crippen LogP contribution >= 0.6 is 0 Å². The van der Waals surface area contributed by atoms with Gasteiger partial charge in [0.25, 0.3) is 11.6 Å². The van der Waals surface area contributed by atoms with Crippen LogP contribution in [0, 0.1) is 5.92 Å². The number of nitrogens with one attached hydrogen (secondary N) is 3. The van der Waals surface area contributed by atoms with Crippen LogP contribution in [0.4, 0.5) is 0 Å². The molecule has 6 fully saturated rings. The third kappa shape index (κ3) is 35.8. The second kappa shape index (κ2) is 61.1. The van der Waals surface area contributed by atoms with Gasteiger partial charge in [-0.15, -0.1) is 0 Å². The van der Waals surface area contributed by atoms with E-state index in [1.165, 1.54) is 109 Å². The Kier molecular flexibility index (Phi) is 53.7. The van der Waals surface area contributed by atoms with Gasteiger partial charge in [0.15, 0.2) is 25.2 Å². The molecular weight excluding hydrogens is 1760 g/mol. The standard InChI is InChI=1S/C91H159N3O39/c1-6-8-10-12-14-16-18-20-21-22-23-24-25-26-27-29-31-33-35-37-39-41-66(108)94-56(57(104)40-38-36-34-32-30-28-19-17-15-13-11-9-7-2)51-122-85-76(116)74(114)79(64(49-99)125-85)128-87-77(117)83(80(65(50-100)126-87)129-84-55(42-52(3)101)78(71(111)62(47-97)123-84)127-86-75(115)73(113)70(110)61(46-96)124-86)133-91(89(120)121)44-59(106)68(93-54(5)103)82(132-91)72(112)63(48-98)130-90(88(118)119)43-58(105)67(92-53(4)102)81(131-90)69(109)60(107)45-95/h20-21,38,40,55-65,67-87,95-100,104-107,109-117H,6-19,22-37,39,41-51H2,1-5H3,(H,92,102)(H,93,103)(H,94,108)(H,118,119)(H,120,121)/b21-20-,40-38+/t55-,56+,57-,58+,59+,60-,61-,62-,63-,64-,65-,67-,68-,69-,70+,71+,72-,73+,74-,75-,76-,77-,78-,79-,80+,81?,82?,83-,84+,85-,86+,87+,90-,91+/m1/s1. The summed E-state index contributed by atoms with van der Waals surface area (Å²) in [5.74, 6) is -16.5. The van der Waals surface area contributed by atoms with Crippen LogP contribution in [-0.2, 0) is 85.6 Å². The number of rotatable bonds is 65. The van der Waals surface area contributed by atoms with Crippen molar-refractivity contribution >= 4 is 35.4 Å². The molecule has 0 aliphatic carbocycles. The van der Waals surface area contributed by atoms with Gasteiger partial charge in [-0.05, 0) is 51.9 Å². The summed E-state index contributed by atoms with van der Waals surface area (Å²) in [5, 5.41) is 246. The van der Waals surface area contributed by atoms with Gasteiger partial charge in [-0.25, -0.2) is 9.59 Å². The van der Waals surface area contributed by atoms with Crippen molar-refractivity contribution < 1.29 is 193 Å². The van der Waals surface area contributed by atoms with Crippen molar-refractivity contribution in [2.45, 2.75) is 461 Å². The van der Waals surface area contributed by atoms with Crippen molar-refractivity contribution in [3.05, 3.63) is 24.3 Å². The number of carboxylic acids is 2. The Balaban J connectivity index is 1.29. The van der Waals surface area contributed by atoms with E-state index in [0.717, 1.165) is 104 Å². The lowest BCUT2D eigenvalue weighted by molar-refractivity contribution is -0.407. The first-order chi connectivity index (χ1) is 63.6. The zero-order chi connectivity index (χ0) is 98.1. The average molecular weight is 1920 g/mol. The van der Waals surface area contributed by atoms with Gasteiger partial charge >= 0.3 is 11.9 Å². The molecule has 133 heavy (non-hydrogen) atoms. The SMILES string of the molecule is CCCCCCCC/C=C\CCCCCCCCCCCCCC(=O)N[C@@H](CO[C@@H]1O[C@H](CO)[C@@H](O[C@@H]2O[C@H](CO)[C@H](O[C@@H]3O[C@H](CO)[C@H](O)[C@H](O[C@@H]4O[C@H](CO)[C@H](O)[C@H](O)[C@H]4O)[C@H]3CC(C)=O)[C@H](O[C@]3(C(=O)O)C[C@H](O)[C@@H](NC(C)=O)C([C@H](O)[C@@H](CO)O[C@]4(C(=O)O)C[C@H](O)[C@@H](NC(C)=O)C([C@H](O)[C@H](O)CO)O4)O3)[C@H]2O)[C@H](O)[C@H]1O)[C@H](O)/C=C/CCCCCCCCCCCCC. The molecule has 2 unspecified atom stereocenters. The van der Waals surface area contributed by atoms with Gasteiger partial charge in [-0.2, -0.15) is 0 Å². The third-order valence-corrected chi connectivity index (χ3v) is 25.5. The molecule has 42 heteroatoms. The van der Waals surface area contributed by atoms with Gasteiger partial charge in [0.1, 0.15) is 128 Å². The Bertz CT molecular complexity index is 3360. The number of Topliss-reactive ketones (excluding diaryl/α,β-unsaturated/α-hetero) is 1. The van der Waals surface area contributed by atoms with E-state index in [1.807, 2.05) is 0 Å². The molecule has 6 heterocycles. The van der Waals surface area contributed by atoms with E-state index < -0.39 is 308 Å². The number of carboxylic acid groups (broad SMARTS) is 2. The second-order valence-electron chi connectivity index (χ2n) is 36.3. The monoisotopic (exact) mass is 1920 g/mol. The summed E-state index contributed by atoms with van der Waals surface area (Å²) < 4.78 is 72.6. The smallest absolute Gasteiger partial charge is 0.364 e. The molecule has 0 saturated carbocycles. The van der Waals surface area contributed by atoms with Crippen molar-refractivity contribution in [2.75, 3.05) is 46.2 Å². The number of ether oxygens (including phenoxy) is 12.